The van der Waals surface area contributed by atoms with Gasteiger partial charge in [-0.1, -0.05) is 0 Å². The van der Waals surface area contributed by atoms with Gasteiger partial charge in [-0.2, -0.15) is 0 Å². The number of alkyl halides is 2. The smallest absolute Gasteiger partial charge is 0.249 e. The molecule has 56 valence electrons. The van der Waals surface area contributed by atoms with Gasteiger partial charge in [-0.3, -0.25) is 14.9 Å². The minimum Gasteiger partial charge on any atom is -0.293 e. The van der Waals surface area contributed by atoms with Crippen molar-refractivity contribution >= 4 is 35.0 Å². The Morgan fingerprint density at radius 1 is 1.60 bits per heavy atom. The summed E-state index contributed by atoms with van der Waals surface area (Å²) in [5.74, 6) is -1.05. The van der Waals surface area contributed by atoms with Gasteiger partial charge in [0, 0.05) is 0 Å². The van der Waals surface area contributed by atoms with E-state index in [0.29, 0.717) is 0 Å². The van der Waals surface area contributed by atoms with E-state index in [4.69, 9.17) is 23.2 Å². The van der Waals surface area contributed by atoms with Crippen molar-refractivity contribution < 1.29 is 9.59 Å². The molecule has 1 saturated heterocycles. The van der Waals surface area contributed by atoms with E-state index < -0.39 is 22.1 Å². The predicted molar refractivity (Wildman–Crippen MR) is 37.0 cm³/mol. The van der Waals surface area contributed by atoms with E-state index in [9.17, 15) is 9.59 Å². The van der Waals surface area contributed by atoms with Crippen LogP contribution in [0.15, 0.2) is 0 Å². The van der Waals surface area contributed by atoms with Crippen molar-refractivity contribution in [2.75, 3.05) is 0 Å². The fraction of sp³-hybridized carbons (Fsp3) is 0.600. The highest BCUT2D eigenvalue weighted by molar-refractivity contribution is 6.50. The van der Waals surface area contributed by atoms with Crippen LogP contribution in [0.25, 0.3) is 0 Å². The van der Waals surface area contributed by atoms with E-state index in [1.54, 1.807) is 0 Å². The lowest BCUT2D eigenvalue weighted by molar-refractivity contribution is -0.125. The second kappa shape index (κ2) is 2.10. The predicted octanol–water partition coefficient (Wildman–Crippen LogP) is 0.248. The maximum atomic E-state index is 10.8. The van der Waals surface area contributed by atoms with Crippen LogP contribution in [0.2, 0.25) is 0 Å². The zero-order valence-corrected chi connectivity index (χ0v) is 6.66. The topological polar surface area (TPSA) is 46.2 Å². The van der Waals surface area contributed by atoms with Crippen LogP contribution in [-0.2, 0) is 9.59 Å². The van der Waals surface area contributed by atoms with Crippen molar-refractivity contribution in [2.45, 2.75) is 17.2 Å². The van der Waals surface area contributed by atoms with Crippen molar-refractivity contribution in [3.63, 3.8) is 0 Å². The maximum absolute atomic E-state index is 10.8. The summed E-state index contributed by atoms with van der Waals surface area (Å²) in [6.07, 6.45) is 0. The van der Waals surface area contributed by atoms with Gasteiger partial charge in [0.1, 0.15) is 10.3 Å². The molecule has 0 bridgehead atoms. The highest BCUT2D eigenvalue weighted by Gasteiger charge is 2.49. The normalized spacial score (nSPS) is 40.1. The third-order valence-corrected chi connectivity index (χ3v) is 2.52. The fourth-order valence-corrected chi connectivity index (χ4v) is 0.959. The molecule has 0 spiro atoms. The van der Waals surface area contributed by atoms with Gasteiger partial charge in [-0.05, 0) is 6.92 Å². The van der Waals surface area contributed by atoms with E-state index in [1.807, 2.05) is 5.32 Å². The van der Waals surface area contributed by atoms with Crippen LogP contribution in [0.1, 0.15) is 6.92 Å². The van der Waals surface area contributed by atoms with Crippen molar-refractivity contribution in [3.8, 4) is 0 Å². The number of hydrogen-bond acceptors (Lipinski definition) is 2. The average Bonchev–Trinajstić information content (AvgIpc) is 1.97. The molecule has 0 aromatic rings. The summed E-state index contributed by atoms with van der Waals surface area (Å²) in [6, 6.07) is 0. The zero-order valence-electron chi connectivity index (χ0n) is 5.15. The molecule has 1 fully saturated rings. The van der Waals surface area contributed by atoms with Gasteiger partial charge in [0.25, 0.3) is 0 Å². The van der Waals surface area contributed by atoms with Crippen LogP contribution >= 0.6 is 23.2 Å². The molecule has 5 heteroatoms. The first-order chi connectivity index (χ1) is 4.46. The molecule has 1 N–H and O–H groups in total. The molecule has 1 heterocycles. The number of halogens is 2. The molecular weight excluding hydrogens is 177 g/mol. The Morgan fingerprint density at radius 2 is 2.10 bits per heavy atom. The molecule has 2 amide bonds. The highest BCUT2D eigenvalue weighted by Crippen LogP contribution is 2.28. The Bertz CT molecular complexity index is 202. The van der Waals surface area contributed by atoms with Gasteiger partial charge in [-0.25, -0.2) is 0 Å². The highest BCUT2D eigenvalue weighted by atomic mass is 35.5. The summed E-state index contributed by atoms with van der Waals surface area (Å²) in [5.41, 5.74) is 0. The minimum atomic E-state index is -1.28. The van der Waals surface area contributed by atoms with Crippen LogP contribution in [0.3, 0.4) is 0 Å². The molecule has 0 saturated carbocycles. The first-order valence-electron chi connectivity index (χ1n) is 2.64. The molecule has 1 aliphatic rings. The molecule has 2 atom stereocenters. The summed E-state index contributed by atoms with van der Waals surface area (Å²) in [7, 11) is 0. The number of imide groups is 1. The van der Waals surface area contributed by atoms with E-state index in [2.05, 4.69) is 0 Å². The molecular formula is C5H5Cl2NO2. The molecule has 0 aliphatic carbocycles. The Kier molecular flexibility index (Phi) is 1.65. The summed E-state index contributed by atoms with van der Waals surface area (Å²) < 4.78 is 0. The first kappa shape index (κ1) is 7.82. The van der Waals surface area contributed by atoms with Gasteiger partial charge in [0.2, 0.25) is 11.8 Å². The summed E-state index contributed by atoms with van der Waals surface area (Å²) >= 11 is 11.1. The Hall–Kier alpha value is -0.280. The van der Waals surface area contributed by atoms with Crippen molar-refractivity contribution in [1.29, 1.82) is 0 Å². The van der Waals surface area contributed by atoms with Crippen LogP contribution in [0, 0.1) is 0 Å². The Labute approximate surface area is 67.7 Å². The third kappa shape index (κ3) is 0.896. The van der Waals surface area contributed by atoms with Gasteiger partial charge in [0.15, 0.2) is 0 Å². The van der Waals surface area contributed by atoms with Gasteiger partial charge >= 0.3 is 0 Å². The number of carbonyl (C=O) groups is 2. The van der Waals surface area contributed by atoms with E-state index in [1.165, 1.54) is 6.92 Å². The molecule has 0 aromatic carbocycles. The number of rotatable bonds is 0. The Balaban J connectivity index is 2.96. The molecule has 1 aliphatic heterocycles. The minimum absolute atomic E-state index is 0.524. The first-order valence-corrected chi connectivity index (χ1v) is 3.46. The molecule has 0 radical (unpaired) electrons. The standard InChI is InChI=1S/C5H5Cl2NO2/c1-5(7)2(6)3(9)8-4(5)10/h2H,1H3,(H,8,9,10)/t2-,5-/m0/s1. The van der Waals surface area contributed by atoms with Crippen LogP contribution in [-0.4, -0.2) is 22.1 Å². The summed E-state index contributed by atoms with van der Waals surface area (Å²) in [4.78, 5) is 20.1. The van der Waals surface area contributed by atoms with Crippen molar-refractivity contribution in [3.05, 3.63) is 0 Å². The van der Waals surface area contributed by atoms with E-state index in [-0.39, 0.29) is 0 Å². The lowest BCUT2D eigenvalue weighted by Crippen LogP contribution is -2.33. The monoisotopic (exact) mass is 181 g/mol. The van der Waals surface area contributed by atoms with Gasteiger partial charge < -0.3 is 0 Å². The summed E-state index contributed by atoms with van der Waals surface area (Å²) in [6.45, 7) is 1.41. The van der Waals surface area contributed by atoms with E-state index >= 15 is 0 Å². The SMILES string of the molecule is C[C@@]1(Cl)C(=O)NC(=O)[C@@H]1Cl. The average molecular weight is 182 g/mol. The zero-order chi connectivity index (χ0) is 7.94. The van der Waals surface area contributed by atoms with Gasteiger partial charge in [-0.15, -0.1) is 23.2 Å². The van der Waals surface area contributed by atoms with Gasteiger partial charge in [0.05, 0.1) is 0 Å². The maximum Gasteiger partial charge on any atom is 0.249 e. The van der Waals surface area contributed by atoms with Crippen LogP contribution in [0.5, 0.6) is 0 Å². The second-order valence-electron chi connectivity index (χ2n) is 2.26. The fourth-order valence-electron chi connectivity index (χ4n) is 0.659. The number of carbonyl (C=O) groups excluding carboxylic acids is 2. The molecule has 0 unspecified atom stereocenters. The summed E-state index contributed by atoms with van der Waals surface area (Å²) in [5, 5.41) is 1.06. The Morgan fingerprint density at radius 3 is 2.20 bits per heavy atom. The van der Waals surface area contributed by atoms with E-state index in [0.717, 1.165) is 0 Å². The number of amides is 2. The second-order valence-corrected chi connectivity index (χ2v) is 3.48. The quantitative estimate of drug-likeness (QED) is 0.431. The molecule has 1 rings (SSSR count). The number of hydrogen-bond donors (Lipinski definition) is 1. The molecule has 10 heavy (non-hydrogen) atoms. The number of nitrogens with one attached hydrogen (secondary N) is 1. The largest absolute Gasteiger partial charge is 0.293 e. The van der Waals surface area contributed by atoms with Crippen molar-refractivity contribution in [2.24, 2.45) is 0 Å². The lowest BCUT2D eigenvalue weighted by Gasteiger charge is -2.11. The molecule has 0 aromatic heterocycles. The van der Waals surface area contributed by atoms with Crippen LogP contribution < -0.4 is 5.32 Å². The molecule has 3 nitrogen and oxygen atoms in total. The van der Waals surface area contributed by atoms with Crippen molar-refractivity contribution in [1.82, 2.24) is 5.32 Å². The van der Waals surface area contributed by atoms with Crippen LogP contribution in [0.4, 0.5) is 0 Å². The third-order valence-electron chi connectivity index (χ3n) is 1.39. The lowest BCUT2D eigenvalue weighted by atomic mass is 10.1.